The van der Waals surface area contributed by atoms with Crippen molar-refractivity contribution >= 4 is 39.8 Å². The molecule has 7 heteroatoms. The van der Waals surface area contributed by atoms with E-state index in [0.717, 1.165) is 29.7 Å². The van der Waals surface area contributed by atoms with Crippen molar-refractivity contribution < 1.29 is 18.7 Å². The molecule has 138 valence electrons. The molecule has 1 heterocycles. The molecule has 1 atom stereocenters. The molecule has 1 aromatic heterocycles. The number of carbonyl (C=O) groups is 2. The maximum Gasteiger partial charge on any atom is 0.341 e. The molecule has 0 saturated carbocycles. The summed E-state index contributed by atoms with van der Waals surface area (Å²) in [7, 11) is 0. The zero-order chi connectivity index (χ0) is 18.8. The highest BCUT2D eigenvalue weighted by Gasteiger charge is 2.30. The fourth-order valence-electron chi connectivity index (χ4n) is 3.14. The number of nitrogens with one attached hydrogen (secondary N) is 1. The summed E-state index contributed by atoms with van der Waals surface area (Å²) >= 11 is 7.33. The molecule has 0 saturated heterocycles. The molecule has 0 bridgehead atoms. The summed E-state index contributed by atoms with van der Waals surface area (Å²) < 4.78 is 19.2. The molecule has 1 aromatic carbocycles. The van der Waals surface area contributed by atoms with E-state index in [2.05, 4.69) is 12.2 Å². The van der Waals surface area contributed by atoms with E-state index in [0.29, 0.717) is 16.5 Å². The molecule has 3 rings (SSSR count). The number of amides is 1. The van der Waals surface area contributed by atoms with Gasteiger partial charge in [0.15, 0.2) is 0 Å². The SMILES string of the molecule is CCOC(=O)c1c(NC(=O)c2c(F)cccc2Cl)sc2c1CCC(C)C2. The van der Waals surface area contributed by atoms with E-state index in [9.17, 15) is 14.0 Å². The zero-order valence-corrected chi connectivity index (χ0v) is 16.1. The predicted octanol–water partition coefficient (Wildman–Crippen LogP) is 5.09. The van der Waals surface area contributed by atoms with Crippen LogP contribution in [0.5, 0.6) is 0 Å². The third kappa shape index (κ3) is 3.62. The first-order valence-corrected chi connectivity index (χ1v) is 9.68. The molecule has 1 aliphatic rings. The summed E-state index contributed by atoms with van der Waals surface area (Å²) in [6, 6.07) is 4.06. The third-order valence-corrected chi connectivity index (χ3v) is 5.89. The topological polar surface area (TPSA) is 55.4 Å². The van der Waals surface area contributed by atoms with E-state index >= 15 is 0 Å². The van der Waals surface area contributed by atoms with Crippen LogP contribution < -0.4 is 5.32 Å². The Hall–Kier alpha value is -1.92. The molecule has 0 aliphatic heterocycles. The van der Waals surface area contributed by atoms with E-state index in [1.807, 2.05) is 0 Å². The van der Waals surface area contributed by atoms with Gasteiger partial charge in [-0.1, -0.05) is 24.6 Å². The number of fused-ring (bicyclic) bond motifs is 1. The summed E-state index contributed by atoms with van der Waals surface area (Å²) in [4.78, 5) is 26.1. The van der Waals surface area contributed by atoms with Crippen molar-refractivity contribution in [3.8, 4) is 0 Å². The zero-order valence-electron chi connectivity index (χ0n) is 14.5. The standard InChI is InChI=1S/C19H19ClFNO3S/c1-3-25-19(24)15-11-8-7-10(2)9-14(11)26-18(15)22-17(23)16-12(20)5-4-6-13(16)21/h4-6,10H,3,7-9H2,1-2H3,(H,22,23). The Morgan fingerprint density at radius 3 is 2.85 bits per heavy atom. The lowest BCUT2D eigenvalue weighted by Gasteiger charge is -2.18. The van der Waals surface area contributed by atoms with Crippen molar-refractivity contribution in [3.63, 3.8) is 0 Å². The van der Waals surface area contributed by atoms with Gasteiger partial charge in [-0.15, -0.1) is 11.3 Å². The molecule has 1 unspecified atom stereocenters. The number of halogens is 2. The van der Waals surface area contributed by atoms with Crippen molar-refractivity contribution in [3.05, 3.63) is 50.6 Å². The van der Waals surface area contributed by atoms with Crippen molar-refractivity contribution in [2.24, 2.45) is 5.92 Å². The number of rotatable bonds is 4. The van der Waals surface area contributed by atoms with Crippen LogP contribution in [0.25, 0.3) is 0 Å². The van der Waals surface area contributed by atoms with Gasteiger partial charge in [-0.05, 0) is 49.8 Å². The molecule has 1 aliphatic carbocycles. The van der Waals surface area contributed by atoms with Crippen LogP contribution in [0.1, 0.15) is 51.4 Å². The van der Waals surface area contributed by atoms with E-state index < -0.39 is 17.7 Å². The average Bonchev–Trinajstić information content (AvgIpc) is 2.91. The second-order valence-electron chi connectivity index (χ2n) is 6.33. The minimum Gasteiger partial charge on any atom is -0.462 e. The van der Waals surface area contributed by atoms with Gasteiger partial charge in [0.1, 0.15) is 10.8 Å². The molecule has 0 spiro atoms. The van der Waals surface area contributed by atoms with E-state index in [1.54, 1.807) is 6.92 Å². The van der Waals surface area contributed by atoms with Crippen molar-refractivity contribution in [1.29, 1.82) is 0 Å². The second-order valence-corrected chi connectivity index (χ2v) is 7.84. The van der Waals surface area contributed by atoms with Crippen LogP contribution in [-0.2, 0) is 17.6 Å². The van der Waals surface area contributed by atoms with Gasteiger partial charge in [0, 0.05) is 4.88 Å². The number of thiophene rings is 1. The number of esters is 1. The monoisotopic (exact) mass is 395 g/mol. The van der Waals surface area contributed by atoms with Crippen LogP contribution in [0.15, 0.2) is 18.2 Å². The largest absolute Gasteiger partial charge is 0.462 e. The lowest BCUT2D eigenvalue weighted by molar-refractivity contribution is 0.0526. The molecule has 1 amide bonds. The minimum atomic E-state index is -0.706. The Labute approximate surface area is 160 Å². The van der Waals surface area contributed by atoms with Gasteiger partial charge in [-0.3, -0.25) is 4.79 Å². The van der Waals surface area contributed by atoms with Gasteiger partial charge in [0.25, 0.3) is 5.91 Å². The Bertz CT molecular complexity index is 844. The fraction of sp³-hybridized carbons (Fsp3) is 0.368. The van der Waals surface area contributed by atoms with Gasteiger partial charge in [-0.25, -0.2) is 9.18 Å². The summed E-state index contributed by atoms with van der Waals surface area (Å²) in [5, 5.41) is 3.09. The first-order valence-electron chi connectivity index (χ1n) is 8.49. The Morgan fingerprint density at radius 2 is 2.15 bits per heavy atom. The van der Waals surface area contributed by atoms with E-state index in [1.165, 1.54) is 29.5 Å². The van der Waals surface area contributed by atoms with Gasteiger partial charge >= 0.3 is 5.97 Å². The maximum atomic E-state index is 14.0. The summed E-state index contributed by atoms with van der Waals surface area (Å²) in [5.74, 6) is -1.33. The molecule has 2 aromatic rings. The Balaban J connectivity index is 1.99. The molecule has 0 radical (unpaired) electrons. The lowest BCUT2D eigenvalue weighted by atomic mass is 9.88. The molecular weight excluding hydrogens is 377 g/mol. The van der Waals surface area contributed by atoms with Gasteiger partial charge in [-0.2, -0.15) is 0 Å². The van der Waals surface area contributed by atoms with E-state index in [-0.39, 0.29) is 17.2 Å². The number of benzene rings is 1. The Morgan fingerprint density at radius 1 is 1.38 bits per heavy atom. The van der Waals surface area contributed by atoms with E-state index in [4.69, 9.17) is 16.3 Å². The minimum absolute atomic E-state index is 0.0233. The van der Waals surface area contributed by atoms with Crippen molar-refractivity contribution in [1.82, 2.24) is 0 Å². The van der Waals surface area contributed by atoms with Crippen molar-refractivity contribution in [2.45, 2.75) is 33.1 Å². The second kappa shape index (κ2) is 7.76. The normalized spacial score (nSPS) is 16.1. The number of carbonyl (C=O) groups excluding carboxylic acids is 2. The van der Waals surface area contributed by atoms with Crippen LogP contribution >= 0.6 is 22.9 Å². The van der Waals surface area contributed by atoms with Gasteiger partial charge in [0.05, 0.1) is 22.8 Å². The van der Waals surface area contributed by atoms with Crippen LogP contribution in [0.3, 0.4) is 0 Å². The number of hydrogen-bond acceptors (Lipinski definition) is 4. The highest BCUT2D eigenvalue weighted by atomic mass is 35.5. The van der Waals surface area contributed by atoms with Gasteiger partial charge < -0.3 is 10.1 Å². The van der Waals surface area contributed by atoms with Gasteiger partial charge in [0.2, 0.25) is 0 Å². The van der Waals surface area contributed by atoms with Crippen molar-refractivity contribution in [2.75, 3.05) is 11.9 Å². The maximum absolute atomic E-state index is 14.0. The number of hydrogen-bond donors (Lipinski definition) is 1. The molecule has 1 N–H and O–H groups in total. The fourth-order valence-corrected chi connectivity index (χ4v) is 4.78. The average molecular weight is 396 g/mol. The Kier molecular flexibility index (Phi) is 5.63. The third-order valence-electron chi connectivity index (χ3n) is 4.41. The first-order chi connectivity index (χ1) is 12.4. The smallest absolute Gasteiger partial charge is 0.341 e. The molecule has 0 fully saturated rings. The quantitative estimate of drug-likeness (QED) is 0.733. The summed E-state index contributed by atoms with van der Waals surface area (Å²) in [6.07, 6.45) is 2.59. The highest BCUT2D eigenvalue weighted by molar-refractivity contribution is 7.17. The van der Waals surface area contributed by atoms with Crippen LogP contribution in [0.4, 0.5) is 9.39 Å². The summed E-state index contributed by atoms with van der Waals surface area (Å²) in [5.41, 5.74) is 1.09. The van der Waals surface area contributed by atoms with Crippen LogP contribution in [0, 0.1) is 11.7 Å². The molecule has 4 nitrogen and oxygen atoms in total. The lowest BCUT2D eigenvalue weighted by Crippen LogP contribution is -2.17. The summed E-state index contributed by atoms with van der Waals surface area (Å²) in [6.45, 7) is 4.13. The number of anilines is 1. The predicted molar refractivity (Wildman–Crippen MR) is 101 cm³/mol. The molecule has 26 heavy (non-hydrogen) atoms. The highest BCUT2D eigenvalue weighted by Crippen LogP contribution is 2.40. The first kappa shape index (κ1) is 18.9. The number of ether oxygens (including phenoxy) is 1. The van der Waals surface area contributed by atoms with Crippen LogP contribution in [0.2, 0.25) is 5.02 Å². The van der Waals surface area contributed by atoms with Crippen LogP contribution in [-0.4, -0.2) is 18.5 Å². The molecular formula is C19H19ClFNO3S.